The Morgan fingerprint density at radius 1 is 1.14 bits per heavy atom. The van der Waals surface area contributed by atoms with Crippen LogP contribution >= 0.6 is 11.8 Å². The van der Waals surface area contributed by atoms with Crippen LogP contribution in [0.3, 0.4) is 0 Å². The lowest BCUT2D eigenvalue weighted by Crippen LogP contribution is -2.30. The molecule has 0 saturated carbocycles. The lowest BCUT2D eigenvalue weighted by Gasteiger charge is -2.15. The molecule has 0 aliphatic carbocycles. The second kappa shape index (κ2) is 5.42. The number of amides is 1. The summed E-state index contributed by atoms with van der Waals surface area (Å²) in [5.74, 6) is 0.903. The van der Waals surface area contributed by atoms with Crippen molar-refractivity contribution in [3.8, 4) is 0 Å². The van der Waals surface area contributed by atoms with E-state index in [1.54, 1.807) is 22.9 Å². The fourth-order valence-electron chi connectivity index (χ4n) is 2.64. The minimum absolute atomic E-state index is 0.0278. The Hall–Kier alpha value is -2.40. The van der Waals surface area contributed by atoms with E-state index < -0.39 is 0 Å². The molecule has 0 radical (unpaired) electrons. The van der Waals surface area contributed by atoms with Gasteiger partial charge in [-0.3, -0.25) is 19.7 Å². The summed E-state index contributed by atoms with van der Waals surface area (Å²) >= 11 is 1.63. The Kier molecular flexibility index (Phi) is 3.27. The molecule has 1 amide bonds. The van der Waals surface area contributed by atoms with Gasteiger partial charge in [-0.05, 0) is 24.3 Å². The SMILES string of the molecule is O=C1/C(=C\c2ccccn2)c2ccccc2N1C1=NCCS1. The van der Waals surface area contributed by atoms with E-state index in [1.807, 2.05) is 48.5 Å². The highest BCUT2D eigenvalue weighted by molar-refractivity contribution is 8.14. The molecule has 4 rings (SSSR count). The Bertz CT molecular complexity index is 799. The van der Waals surface area contributed by atoms with Gasteiger partial charge >= 0.3 is 0 Å². The van der Waals surface area contributed by atoms with E-state index in [-0.39, 0.29) is 5.91 Å². The van der Waals surface area contributed by atoms with Crippen LogP contribution in [-0.4, -0.2) is 28.4 Å². The molecule has 0 bridgehead atoms. The highest BCUT2D eigenvalue weighted by atomic mass is 32.2. The van der Waals surface area contributed by atoms with E-state index in [4.69, 9.17) is 0 Å². The summed E-state index contributed by atoms with van der Waals surface area (Å²) in [6.07, 6.45) is 3.58. The zero-order chi connectivity index (χ0) is 14.9. The van der Waals surface area contributed by atoms with Gasteiger partial charge in [-0.1, -0.05) is 36.0 Å². The standard InChI is InChI=1S/C17H13N3OS/c21-16-14(11-12-5-3-4-8-18-12)13-6-1-2-7-15(13)20(16)17-19-9-10-22-17/h1-8,11H,9-10H2/b14-11-. The first kappa shape index (κ1) is 13.3. The van der Waals surface area contributed by atoms with Crippen LogP contribution in [0, 0.1) is 0 Å². The number of para-hydroxylation sites is 1. The smallest absolute Gasteiger partial charge is 0.265 e. The number of amidine groups is 1. The van der Waals surface area contributed by atoms with Crippen molar-refractivity contribution < 1.29 is 4.79 Å². The number of rotatable bonds is 1. The maximum atomic E-state index is 12.9. The molecule has 108 valence electrons. The first-order valence-electron chi connectivity index (χ1n) is 7.08. The summed E-state index contributed by atoms with van der Waals surface area (Å²) in [4.78, 5) is 23.4. The van der Waals surface area contributed by atoms with Crippen molar-refractivity contribution in [3.63, 3.8) is 0 Å². The molecule has 0 fully saturated rings. The van der Waals surface area contributed by atoms with Gasteiger partial charge < -0.3 is 0 Å². The van der Waals surface area contributed by atoms with Gasteiger partial charge in [0.1, 0.15) is 0 Å². The number of hydrogen-bond donors (Lipinski definition) is 0. The summed E-state index contributed by atoms with van der Waals surface area (Å²) in [6, 6.07) is 13.5. The summed E-state index contributed by atoms with van der Waals surface area (Å²) in [5.41, 5.74) is 3.30. The van der Waals surface area contributed by atoms with Crippen molar-refractivity contribution in [1.82, 2.24) is 4.98 Å². The summed E-state index contributed by atoms with van der Waals surface area (Å²) in [7, 11) is 0. The van der Waals surface area contributed by atoms with Crippen molar-refractivity contribution in [3.05, 3.63) is 59.9 Å². The van der Waals surface area contributed by atoms with Crippen molar-refractivity contribution in [2.45, 2.75) is 0 Å². The van der Waals surface area contributed by atoms with Crippen LogP contribution in [-0.2, 0) is 4.79 Å². The van der Waals surface area contributed by atoms with E-state index in [0.717, 1.165) is 34.4 Å². The molecule has 0 spiro atoms. The van der Waals surface area contributed by atoms with Crippen LogP contribution in [0.5, 0.6) is 0 Å². The molecule has 0 unspecified atom stereocenters. The fourth-order valence-corrected chi connectivity index (χ4v) is 3.50. The number of carbonyl (C=O) groups is 1. The minimum atomic E-state index is -0.0278. The van der Waals surface area contributed by atoms with Gasteiger partial charge in [-0.25, -0.2) is 0 Å². The number of aliphatic imine (C=N–C) groups is 1. The molecular formula is C17H13N3OS. The van der Waals surface area contributed by atoms with Crippen molar-refractivity contribution in [2.24, 2.45) is 4.99 Å². The highest BCUT2D eigenvalue weighted by Crippen LogP contribution is 2.39. The largest absolute Gasteiger partial charge is 0.268 e. The molecule has 3 heterocycles. The number of carbonyl (C=O) groups excluding carboxylic acids is 1. The number of benzene rings is 1. The van der Waals surface area contributed by atoms with Crippen LogP contribution in [0.2, 0.25) is 0 Å². The number of fused-ring (bicyclic) bond motifs is 1. The third-order valence-corrected chi connectivity index (χ3v) is 4.57. The van der Waals surface area contributed by atoms with Gasteiger partial charge in [0.2, 0.25) is 0 Å². The molecule has 0 N–H and O–H groups in total. The average Bonchev–Trinajstić information content (AvgIpc) is 3.16. The topological polar surface area (TPSA) is 45.6 Å². The second-order valence-corrected chi connectivity index (χ2v) is 6.05. The normalized spacial score (nSPS) is 18.7. The predicted molar refractivity (Wildman–Crippen MR) is 90.8 cm³/mol. The number of thioether (sulfide) groups is 1. The molecular weight excluding hydrogens is 294 g/mol. The molecule has 1 aromatic carbocycles. The lowest BCUT2D eigenvalue weighted by atomic mass is 10.1. The molecule has 22 heavy (non-hydrogen) atoms. The molecule has 2 aliphatic rings. The number of pyridine rings is 1. The van der Waals surface area contributed by atoms with Crippen LogP contribution in [0.4, 0.5) is 5.69 Å². The minimum Gasteiger partial charge on any atom is -0.268 e. The number of nitrogens with zero attached hydrogens (tertiary/aromatic N) is 3. The number of anilines is 1. The van der Waals surface area contributed by atoms with Gasteiger partial charge in [-0.15, -0.1) is 0 Å². The van der Waals surface area contributed by atoms with E-state index in [1.165, 1.54) is 0 Å². The van der Waals surface area contributed by atoms with E-state index in [2.05, 4.69) is 9.98 Å². The summed E-state index contributed by atoms with van der Waals surface area (Å²) in [6.45, 7) is 0.769. The third kappa shape index (κ3) is 2.14. The van der Waals surface area contributed by atoms with E-state index in [0.29, 0.717) is 5.57 Å². The zero-order valence-corrected chi connectivity index (χ0v) is 12.6. The Morgan fingerprint density at radius 3 is 2.77 bits per heavy atom. The number of aromatic nitrogens is 1. The number of hydrogen-bond acceptors (Lipinski definition) is 4. The van der Waals surface area contributed by atoms with Gasteiger partial charge in [0, 0.05) is 17.5 Å². The second-order valence-electron chi connectivity index (χ2n) is 4.98. The molecule has 5 heteroatoms. The van der Waals surface area contributed by atoms with Crippen molar-refractivity contribution >= 4 is 40.2 Å². The third-order valence-electron chi connectivity index (χ3n) is 3.61. The van der Waals surface area contributed by atoms with Crippen LogP contribution in [0.25, 0.3) is 11.6 Å². The van der Waals surface area contributed by atoms with Crippen LogP contribution < -0.4 is 4.90 Å². The van der Waals surface area contributed by atoms with Crippen LogP contribution in [0.1, 0.15) is 11.3 Å². The van der Waals surface area contributed by atoms with E-state index in [9.17, 15) is 4.79 Å². The maximum Gasteiger partial charge on any atom is 0.265 e. The first-order chi connectivity index (χ1) is 10.8. The van der Waals surface area contributed by atoms with Crippen LogP contribution in [0.15, 0.2) is 53.7 Å². The Balaban J connectivity index is 1.84. The van der Waals surface area contributed by atoms with Gasteiger partial charge in [-0.2, -0.15) is 0 Å². The average molecular weight is 307 g/mol. The highest BCUT2D eigenvalue weighted by Gasteiger charge is 2.36. The van der Waals surface area contributed by atoms with Gasteiger partial charge in [0.15, 0.2) is 5.17 Å². The van der Waals surface area contributed by atoms with Crippen molar-refractivity contribution in [2.75, 3.05) is 17.2 Å². The maximum absolute atomic E-state index is 12.9. The van der Waals surface area contributed by atoms with Crippen molar-refractivity contribution in [1.29, 1.82) is 0 Å². The molecule has 1 aromatic heterocycles. The molecule has 2 aromatic rings. The Morgan fingerprint density at radius 2 is 2.00 bits per heavy atom. The molecule has 0 atom stereocenters. The zero-order valence-electron chi connectivity index (χ0n) is 11.8. The Labute approximate surface area is 132 Å². The quantitative estimate of drug-likeness (QED) is 0.761. The molecule has 4 nitrogen and oxygen atoms in total. The van der Waals surface area contributed by atoms with E-state index >= 15 is 0 Å². The predicted octanol–water partition coefficient (Wildman–Crippen LogP) is 3.07. The monoisotopic (exact) mass is 307 g/mol. The van der Waals surface area contributed by atoms with Gasteiger partial charge in [0.05, 0.1) is 23.5 Å². The first-order valence-corrected chi connectivity index (χ1v) is 8.07. The molecule has 0 saturated heterocycles. The molecule has 2 aliphatic heterocycles. The summed E-state index contributed by atoms with van der Waals surface area (Å²) in [5, 5.41) is 0.793. The fraction of sp³-hybridized carbons (Fsp3) is 0.118. The van der Waals surface area contributed by atoms with Gasteiger partial charge in [0.25, 0.3) is 5.91 Å². The lowest BCUT2D eigenvalue weighted by molar-refractivity contribution is -0.112. The summed E-state index contributed by atoms with van der Waals surface area (Å²) < 4.78 is 0.